The molecule has 2 aromatic carbocycles. The minimum Gasteiger partial charge on any atom is -0.497 e. The van der Waals surface area contributed by atoms with Crippen LogP contribution in [0, 0.1) is 0 Å². The molecule has 29 heavy (non-hydrogen) atoms. The standard InChI is InChI=1S/C21H17N3O4S/c1-24-20(25)17-9-4-3-8-16(17)18(23-24)21(26)28-11-14-12-29-19(22-14)13-6-5-7-15(10-13)27-2/h3-10,12H,11H2,1-2H3. The van der Waals surface area contributed by atoms with E-state index in [-0.39, 0.29) is 17.9 Å². The minimum atomic E-state index is -0.604. The van der Waals surface area contributed by atoms with Gasteiger partial charge in [0.25, 0.3) is 5.56 Å². The van der Waals surface area contributed by atoms with Gasteiger partial charge in [0.1, 0.15) is 17.4 Å². The number of aromatic nitrogens is 3. The van der Waals surface area contributed by atoms with E-state index < -0.39 is 5.97 Å². The molecule has 4 aromatic rings. The van der Waals surface area contributed by atoms with Gasteiger partial charge in [-0.1, -0.05) is 30.3 Å². The second kappa shape index (κ2) is 7.84. The van der Waals surface area contributed by atoms with Crippen molar-refractivity contribution < 1.29 is 14.3 Å². The first-order chi connectivity index (χ1) is 14.1. The van der Waals surface area contributed by atoms with Crippen molar-refractivity contribution in [3.05, 3.63) is 75.7 Å². The lowest BCUT2D eigenvalue weighted by Crippen LogP contribution is -2.23. The molecule has 0 aliphatic carbocycles. The number of hydrogen-bond acceptors (Lipinski definition) is 7. The van der Waals surface area contributed by atoms with Crippen molar-refractivity contribution in [3.63, 3.8) is 0 Å². The summed E-state index contributed by atoms with van der Waals surface area (Å²) < 4.78 is 11.8. The first kappa shape index (κ1) is 18.8. The zero-order chi connectivity index (χ0) is 20.4. The number of ether oxygens (including phenoxy) is 2. The molecule has 0 saturated carbocycles. The molecule has 0 spiro atoms. The number of thiazole rings is 1. The molecule has 0 aliphatic heterocycles. The number of nitrogens with zero attached hydrogens (tertiary/aromatic N) is 3. The van der Waals surface area contributed by atoms with Crippen LogP contribution in [0.3, 0.4) is 0 Å². The lowest BCUT2D eigenvalue weighted by Gasteiger charge is -2.07. The van der Waals surface area contributed by atoms with Crippen LogP contribution >= 0.6 is 11.3 Å². The monoisotopic (exact) mass is 407 g/mol. The first-order valence-corrected chi connectivity index (χ1v) is 9.67. The van der Waals surface area contributed by atoms with Crippen molar-refractivity contribution in [2.75, 3.05) is 7.11 Å². The number of methoxy groups -OCH3 is 1. The lowest BCUT2D eigenvalue weighted by molar-refractivity contribution is 0.0461. The minimum absolute atomic E-state index is 0.0121. The maximum atomic E-state index is 12.6. The summed E-state index contributed by atoms with van der Waals surface area (Å²) in [7, 11) is 3.12. The van der Waals surface area contributed by atoms with Gasteiger partial charge in [-0.3, -0.25) is 4.79 Å². The van der Waals surface area contributed by atoms with Crippen molar-refractivity contribution in [3.8, 4) is 16.3 Å². The molecule has 0 fully saturated rings. The summed E-state index contributed by atoms with van der Waals surface area (Å²) in [6.45, 7) is 0.0121. The van der Waals surface area contributed by atoms with Crippen LogP contribution in [0.2, 0.25) is 0 Å². The molecule has 7 nitrogen and oxygen atoms in total. The van der Waals surface area contributed by atoms with E-state index in [2.05, 4.69) is 10.1 Å². The molecule has 2 heterocycles. The van der Waals surface area contributed by atoms with E-state index >= 15 is 0 Å². The average Bonchev–Trinajstić information content (AvgIpc) is 3.24. The summed E-state index contributed by atoms with van der Waals surface area (Å²) >= 11 is 1.46. The molecule has 2 aromatic heterocycles. The number of esters is 1. The van der Waals surface area contributed by atoms with Crippen molar-refractivity contribution >= 4 is 28.1 Å². The third-order valence-electron chi connectivity index (χ3n) is 4.37. The van der Waals surface area contributed by atoms with E-state index in [0.717, 1.165) is 21.0 Å². The second-order valence-electron chi connectivity index (χ2n) is 6.28. The summed E-state index contributed by atoms with van der Waals surface area (Å²) in [5.41, 5.74) is 1.40. The molecular formula is C21H17N3O4S. The van der Waals surface area contributed by atoms with Gasteiger partial charge in [0.15, 0.2) is 5.69 Å². The molecule has 8 heteroatoms. The van der Waals surface area contributed by atoms with Gasteiger partial charge in [-0.25, -0.2) is 14.5 Å². The molecule has 0 amide bonds. The lowest BCUT2D eigenvalue weighted by atomic mass is 10.1. The van der Waals surface area contributed by atoms with Gasteiger partial charge >= 0.3 is 5.97 Å². The van der Waals surface area contributed by atoms with Crippen LogP contribution < -0.4 is 10.3 Å². The van der Waals surface area contributed by atoms with Gasteiger partial charge in [-0.05, 0) is 18.2 Å². The highest BCUT2D eigenvalue weighted by atomic mass is 32.1. The Morgan fingerprint density at radius 1 is 1.14 bits per heavy atom. The zero-order valence-corrected chi connectivity index (χ0v) is 16.6. The number of carbonyl (C=O) groups excluding carboxylic acids is 1. The molecule has 0 radical (unpaired) electrons. The van der Waals surface area contributed by atoms with Crippen molar-refractivity contribution in [1.82, 2.24) is 14.8 Å². The second-order valence-corrected chi connectivity index (χ2v) is 7.13. The number of rotatable bonds is 5. The van der Waals surface area contributed by atoms with Crippen molar-refractivity contribution in [2.24, 2.45) is 7.05 Å². The van der Waals surface area contributed by atoms with Gasteiger partial charge < -0.3 is 9.47 Å². The summed E-state index contributed by atoms with van der Waals surface area (Å²) in [5.74, 6) is 0.144. The molecule has 0 bridgehead atoms. The molecule has 0 atom stereocenters. The Morgan fingerprint density at radius 2 is 1.93 bits per heavy atom. The van der Waals surface area contributed by atoms with Crippen LogP contribution in [0.5, 0.6) is 5.75 Å². The number of aryl methyl sites for hydroxylation is 1. The third-order valence-corrected chi connectivity index (χ3v) is 5.31. The normalized spacial score (nSPS) is 10.8. The Hall–Kier alpha value is -3.52. The van der Waals surface area contributed by atoms with Crippen LogP contribution in [0.15, 0.2) is 58.7 Å². The van der Waals surface area contributed by atoms with Crippen LogP contribution in [-0.2, 0) is 18.4 Å². The predicted octanol–water partition coefficient (Wildman–Crippen LogP) is 3.42. The van der Waals surface area contributed by atoms with Crippen LogP contribution in [0.1, 0.15) is 16.2 Å². The van der Waals surface area contributed by atoms with Gasteiger partial charge in [-0.15, -0.1) is 11.3 Å². The molecule has 0 N–H and O–H groups in total. The van der Waals surface area contributed by atoms with E-state index in [1.165, 1.54) is 18.4 Å². The zero-order valence-electron chi connectivity index (χ0n) is 15.8. The van der Waals surface area contributed by atoms with Crippen LogP contribution in [0.25, 0.3) is 21.3 Å². The molecule has 0 unspecified atom stereocenters. The maximum absolute atomic E-state index is 12.6. The molecular weight excluding hydrogens is 390 g/mol. The third kappa shape index (κ3) is 3.74. The van der Waals surface area contributed by atoms with Gasteiger partial charge in [0.2, 0.25) is 0 Å². The van der Waals surface area contributed by atoms with E-state index in [9.17, 15) is 9.59 Å². The fourth-order valence-corrected chi connectivity index (χ4v) is 3.72. The Kier molecular flexibility index (Phi) is 5.09. The average molecular weight is 407 g/mol. The largest absolute Gasteiger partial charge is 0.497 e. The Labute approximate surface area is 170 Å². The quantitative estimate of drug-likeness (QED) is 0.472. The maximum Gasteiger partial charge on any atom is 0.359 e. The number of carbonyl (C=O) groups is 1. The fourth-order valence-electron chi connectivity index (χ4n) is 2.92. The Morgan fingerprint density at radius 3 is 2.72 bits per heavy atom. The number of benzene rings is 2. The summed E-state index contributed by atoms with van der Waals surface area (Å²) in [5, 5.41) is 7.62. The van der Waals surface area contributed by atoms with E-state index in [4.69, 9.17) is 9.47 Å². The SMILES string of the molecule is COc1cccc(-c2nc(COC(=O)c3nn(C)c(=O)c4ccccc34)cs2)c1. The predicted molar refractivity (Wildman–Crippen MR) is 110 cm³/mol. The summed E-state index contributed by atoms with van der Waals surface area (Å²) in [6.07, 6.45) is 0. The molecule has 146 valence electrons. The number of fused-ring (bicyclic) bond motifs is 1. The van der Waals surface area contributed by atoms with Crippen LogP contribution in [0.4, 0.5) is 0 Å². The first-order valence-electron chi connectivity index (χ1n) is 8.79. The van der Waals surface area contributed by atoms with Crippen molar-refractivity contribution in [1.29, 1.82) is 0 Å². The smallest absolute Gasteiger partial charge is 0.359 e. The molecule has 0 saturated heterocycles. The van der Waals surface area contributed by atoms with Gasteiger partial charge in [-0.2, -0.15) is 5.10 Å². The number of hydrogen-bond donors (Lipinski definition) is 0. The van der Waals surface area contributed by atoms with E-state index in [1.54, 1.807) is 31.4 Å². The summed E-state index contributed by atoms with van der Waals surface area (Å²) in [4.78, 5) is 29.3. The fraction of sp³-hybridized carbons (Fsp3) is 0.143. The highest BCUT2D eigenvalue weighted by Crippen LogP contribution is 2.27. The molecule has 0 aliphatic rings. The van der Waals surface area contributed by atoms with Crippen molar-refractivity contribution in [2.45, 2.75) is 6.61 Å². The van der Waals surface area contributed by atoms with E-state index in [0.29, 0.717) is 16.5 Å². The highest BCUT2D eigenvalue weighted by Gasteiger charge is 2.17. The topological polar surface area (TPSA) is 83.3 Å². The Bertz CT molecular complexity index is 1260. The van der Waals surface area contributed by atoms with Crippen LogP contribution in [-0.4, -0.2) is 27.8 Å². The van der Waals surface area contributed by atoms with E-state index in [1.807, 2.05) is 29.6 Å². The molecule has 4 rings (SSSR count). The van der Waals surface area contributed by atoms with Gasteiger partial charge in [0.05, 0.1) is 18.2 Å². The van der Waals surface area contributed by atoms with Gasteiger partial charge in [0, 0.05) is 23.4 Å². The Balaban J connectivity index is 1.54. The highest BCUT2D eigenvalue weighted by molar-refractivity contribution is 7.13. The summed E-state index contributed by atoms with van der Waals surface area (Å²) in [6, 6.07) is 14.4.